The van der Waals surface area contributed by atoms with Crippen LogP contribution in [-0.2, 0) is 14.8 Å². The van der Waals surface area contributed by atoms with Crippen LogP contribution in [0.15, 0.2) is 53.6 Å². The van der Waals surface area contributed by atoms with Gasteiger partial charge >= 0.3 is 0 Å². The van der Waals surface area contributed by atoms with E-state index in [0.717, 1.165) is 15.9 Å². The Kier molecular flexibility index (Phi) is 7.16. The lowest BCUT2D eigenvalue weighted by atomic mass is 10.1. The smallest absolute Gasteiger partial charge is 0.260 e. The van der Waals surface area contributed by atoms with Crippen molar-refractivity contribution in [2.24, 2.45) is 5.10 Å². The molecular formula is C21H21ClN4O5S. The van der Waals surface area contributed by atoms with E-state index in [0.29, 0.717) is 28.3 Å². The number of aromatic nitrogens is 1. The number of amides is 1. The molecule has 3 aromatic rings. The maximum absolute atomic E-state index is 12.3. The molecule has 3 rings (SSSR count). The van der Waals surface area contributed by atoms with Crippen molar-refractivity contribution in [2.45, 2.75) is 0 Å². The molecule has 9 nitrogen and oxygen atoms in total. The van der Waals surface area contributed by atoms with Gasteiger partial charge in [0.15, 0.2) is 0 Å². The zero-order valence-corrected chi connectivity index (χ0v) is 19.1. The first-order chi connectivity index (χ1) is 15.2. The number of fused-ring (bicyclic) bond motifs is 1. The number of hydrogen-bond donors (Lipinski definition) is 1. The Morgan fingerprint density at radius 1 is 1.12 bits per heavy atom. The van der Waals surface area contributed by atoms with Crippen LogP contribution < -0.4 is 19.2 Å². The predicted octanol–water partition coefficient (Wildman–Crippen LogP) is 2.82. The van der Waals surface area contributed by atoms with Crippen LogP contribution in [0.2, 0.25) is 5.15 Å². The second kappa shape index (κ2) is 9.84. The summed E-state index contributed by atoms with van der Waals surface area (Å²) < 4.78 is 35.6. The van der Waals surface area contributed by atoms with E-state index >= 15 is 0 Å². The normalized spacial score (nSPS) is 11.5. The number of hydrazone groups is 1. The zero-order valence-electron chi connectivity index (χ0n) is 17.6. The van der Waals surface area contributed by atoms with Gasteiger partial charge in [-0.15, -0.1) is 0 Å². The van der Waals surface area contributed by atoms with E-state index in [1.165, 1.54) is 13.3 Å². The number of nitrogens with zero attached hydrogens (tertiary/aromatic N) is 3. The lowest BCUT2D eigenvalue weighted by Crippen LogP contribution is -2.39. The van der Waals surface area contributed by atoms with E-state index in [1.54, 1.807) is 49.6 Å². The molecule has 0 radical (unpaired) electrons. The summed E-state index contributed by atoms with van der Waals surface area (Å²) in [6, 6.07) is 13.4. The van der Waals surface area contributed by atoms with Crippen molar-refractivity contribution in [3.8, 4) is 11.5 Å². The summed E-state index contributed by atoms with van der Waals surface area (Å²) in [5, 5.41) is 4.89. The monoisotopic (exact) mass is 476 g/mol. The molecule has 0 aliphatic heterocycles. The summed E-state index contributed by atoms with van der Waals surface area (Å²) in [6.07, 6.45) is 2.36. The zero-order chi connectivity index (χ0) is 23.3. The molecule has 0 saturated heterocycles. The fourth-order valence-electron chi connectivity index (χ4n) is 2.85. The molecule has 0 bridgehead atoms. The van der Waals surface area contributed by atoms with Crippen LogP contribution in [0.3, 0.4) is 0 Å². The van der Waals surface area contributed by atoms with Gasteiger partial charge in [0, 0.05) is 17.0 Å². The molecule has 0 fully saturated rings. The van der Waals surface area contributed by atoms with E-state index in [4.69, 9.17) is 21.1 Å². The number of methoxy groups -OCH3 is 2. The highest BCUT2D eigenvalue weighted by Gasteiger charge is 2.20. The van der Waals surface area contributed by atoms with Gasteiger partial charge in [-0.2, -0.15) is 5.10 Å². The quantitative estimate of drug-likeness (QED) is 0.304. The van der Waals surface area contributed by atoms with Gasteiger partial charge in [0.05, 0.1) is 37.9 Å². The number of benzene rings is 2. The summed E-state index contributed by atoms with van der Waals surface area (Å²) in [6.45, 7) is -0.452. The van der Waals surface area contributed by atoms with Crippen LogP contribution >= 0.6 is 11.6 Å². The molecule has 0 saturated carbocycles. The van der Waals surface area contributed by atoms with Crippen LogP contribution in [0.5, 0.6) is 11.5 Å². The Morgan fingerprint density at radius 3 is 2.41 bits per heavy atom. The molecule has 1 N–H and O–H groups in total. The molecule has 1 heterocycles. The average molecular weight is 477 g/mol. The van der Waals surface area contributed by atoms with Crippen LogP contribution in [0, 0.1) is 0 Å². The molecule has 11 heteroatoms. The third-order valence-electron chi connectivity index (χ3n) is 4.45. The van der Waals surface area contributed by atoms with Crippen molar-refractivity contribution < 1.29 is 22.7 Å². The van der Waals surface area contributed by atoms with Gasteiger partial charge in [-0.3, -0.25) is 9.10 Å². The van der Waals surface area contributed by atoms with Crippen molar-refractivity contribution in [1.82, 2.24) is 10.4 Å². The lowest BCUT2D eigenvalue weighted by Gasteiger charge is -2.21. The number of pyridine rings is 1. The maximum atomic E-state index is 12.3. The number of nitrogens with one attached hydrogen (secondary N) is 1. The van der Waals surface area contributed by atoms with E-state index in [1.807, 2.05) is 6.07 Å². The van der Waals surface area contributed by atoms with E-state index in [2.05, 4.69) is 15.5 Å². The van der Waals surface area contributed by atoms with Crippen molar-refractivity contribution in [1.29, 1.82) is 0 Å². The number of sulfonamides is 1. The van der Waals surface area contributed by atoms with Gasteiger partial charge in [-0.05, 0) is 42.5 Å². The Bertz CT molecular complexity index is 1260. The molecule has 2 aromatic carbocycles. The minimum atomic E-state index is -3.71. The molecule has 0 aliphatic rings. The SMILES string of the molecule is COc1ccc(N(CC(=O)N/N=C\c2cc3ccc(OC)cc3nc2Cl)S(C)(=O)=O)cc1. The molecule has 1 amide bonds. The van der Waals surface area contributed by atoms with Crippen molar-refractivity contribution in [2.75, 3.05) is 31.3 Å². The Hall–Kier alpha value is -3.37. The highest BCUT2D eigenvalue weighted by molar-refractivity contribution is 7.92. The molecule has 0 unspecified atom stereocenters. The van der Waals surface area contributed by atoms with Crippen LogP contribution in [0.4, 0.5) is 5.69 Å². The second-order valence-electron chi connectivity index (χ2n) is 6.69. The van der Waals surface area contributed by atoms with Gasteiger partial charge in [0.1, 0.15) is 23.2 Å². The topological polar surface area (TPSA) is 110 Å². The highest BCUT2D eigenvalue weighted by Crippen LogP contribution is 2.23. The number of halogens is 1. The summed E-state index contributed by atoms with van der Waals surface area (Å²) in [5.41, 5.74) is 3.77. The fraction of sp³-hybridized carbons (Fsp3) is 0.190. The van der Waals surface area contributed by atoms with Crippen molar-refractivity contribution >= 4 is 50.3 Å². The number of ether oxygens (including phenoxy) is 2. The summed E-state index contributed by atoms with van der Waals surface area (Å²) in [5.74, 6) is 0.592. The van der Waals surface area contributed by atoms with Crippen LogP contribution in [-0.4, -0.2) is 52.5 Å². The molecule has 32 heavy (non-hydrogen) atoms. The first kappa shape index (κ1) is 23.3. The Labute approximate surface area is 190 Å². The average Bonchev–Trinajstić information content (AvgIpc) is 2.76. The Balaban J connectivity index is 1.72. The lowest BCUT2D eigenvalue weighted by molar-refractivity contribution is -0.119. The van der Waals surface area contributed by atoms with Gasteiger partial charge in [0.2, 0.25) is 10.0 Å². The van der Waals surface area contributed by atoms with E-state index in [9.17, 15) is 13.2 Å². The number of hydrogen-bond acceptors (Lipinski definition) is 7. The third kappa shape index (κ3) is 5.65. The maximum Gasteiger partial charge on any atom is 0.260 e. The molecular weight excluding hydrogens is 456 g/mol. The second-order valence-corrected chi connectivity index (χ2v) is 8.95. The van der Waals surface area contributed by atoms with Gasteiger partial charge < -0.3 is 9.47 Å². The summed E-state index contributed by atoms with van der Waals surface area (Å²) in [4.78, 5) is 16.6. The largest absolute Gasteiger partial charge is 0.497 e. The minimum absolute atomic E-state index is 0.194. The van der Waals surface area contributed by atoms with Gasteiger partial charge in [-0.25, -0.2) is 18.8 Å². The molecule has 168 valence electrons. The number of carbonyl (C=O) groups excluding carboxylic acids is 1. The highest BCUT2D eigenvalue weighted by atomic mass is 35.5. The predicted molar refractivity (Wildman–Crippen MR) is 124 cm³/mol. The van der Waals surface area contributed by atoms with Crippen LogP contribution in [0.1, 0.15) is 5.56 Å². The standard InChI is InChI=1S/C21H21ClN4O5S/c1-30-17-8-5-16(6-9-17)26(32(3,28)29)13-20(27)25-23-12-15-10-14-4-7-18(31-2)11-19(14)24-21(15)22/h4-12H,13H2,1-3H3,(H,25,27)/b23-12-. The summed E-state index contributed by atoms with van der Waals surface area (Å²) in [7, 11) is -0.644. The molecule has 0 atom stereocenters. The first-order valence-corrected chi connectivity index (χ1v) is 11.5. The third-order valence-corrected chi connectivity index (χ3v) is 5.89. The molecule has 0 aliphatic carbocycles. The van der Waals surface area contributed by atoms with Crippen molar-refractivity contribution in [3.63, 3.8) is 0 Å². The first-order valence-electron chi connectivity index (χ1n) is 9.29. The number of rotatable bonds is 8. The minimum Gasteiger partial charge on any atom is -0.497 e. The molecule has 0 spiro atoms. The number of anilines is 1. The van der Waals surface area contributed by atoms with E-state index < -0.39 is 22.5 Å². The molecule has 1 aromatic heterocycles. The van der Waals surface area contributed by atoms with Crippen LogP contribution in [0.25, 0.3) is 10.9 Å². The Morgan fingerprint density at radius 2 is 1.78 bits per heavy atom. The summed E-state index contributed by atoms with van der Waals surface area (Å²) >= 11 is 6.21. The fourth-order valence-corrected chi connectivity index (χ4v) is 3.90. The van der Waals surface area contributed by atoms with Gasteiger partial charge in [-0.1, -0.05) is 11.6 Å². The number of carbonyl (C=O) groups is 1. The van der Waals surface area contributed by atoms with Crippen molar-refractivity contribution in [3.05, 3.63) is 59.2 Å². The van der Waals surface area contributed by atoms with Gasteiger partial charge in [0.25, 0.3) is 5.91 Å². The van der Waals surface area contributed by atoms with E-state index in [-0.39, 0.29) is 5.15 Å².